The van der Waals surface area contributed by atoms with Crippen LogP contribution in [0.25, 0.3) is 0 Å². The van der Waals surface area contributed by atoms with Crippen LogP contribution in [0.15, 0.2) is 0 Å². The molecule has 0 N–H and O–H groups in total. The predicted octanol–water partition coefficient (Wildman–Crippen LogP) is 1.03. The predicted molar refractivity (Wildman–Crippen MR) is 56.0 cm³/mol. The van der Waals surface area contributed by atoms with E-state index in [0.29, 0.717) is 19.8 Å². The first kappa shape index (κ1) is 12.0. The maximum atomic E-state index is 11.9. The van der Waals surface area contributed by atoms with Crippen LogP contribution in [0.3, 0.4) is 0 Å². The summed E-state index contributed by atoms with van der Waals surface area (Å²) in [4.78, 5) is 13.6. The van der Waals surface area contributed by atoms with Gasteiger partial charge in [0.15, 0.2) is 0 Å². The molecule has 1 amide bonds. The number of hydrogen-bond donors (Lipinski definition) is 0. The Morgan fingerprint density at radius 2 is 2.20 bits per heavy atom. The standard InChI is InChI=1S/C11H18N2O2/c1-9(7-12)8-13(2)11(14)10-3-5-15-6-4-10/h9-10H,3-6,8H2,1-2H3. The number of nitrogens with zero attached hydrogens (tertiary/aromatic N) is 2. The third-order valence-corrected chi connectivity index (χ3v) is 2.71. The van der Waals surface area contributed by atoms with E-state index in [1.165, 1.54) is 0 Å². The fraction of sp³-hybridized carbons (Fsp3) is 0.818. The normalized spacial score (nSPS) is 19.3. The molecule has 0 aromatic rings. The summed E-state index contributed by atoms with van der Waals surface area (Å²) < 4.78 is 5.21. The first-order valence-corrected chi connectivity index (χ1v) is 5.37. The second-order valence-corrected chi connectivity index (χ2v) is 4.14. The highest BCUT2D eigenvalue weighted by molar-refractivity contribution is 5.78. The van der Waals surface area contributed by atoms with Crippen molar-refractivity contribution in [1.82, 2.24) is 4.90 Å². The van der Waals surface area contributed by atoms with Crippen molar-refractivity contribution in [1.29, 1.82) is 5.26 Å². The number of hydrogen-bond acceptors (Lipinski definition) is 3. The summed E-state index contributed by atoms with van der Waals surface area (Å²) in [5.41, 5.74) is 0. The lowest BCUT2D eigenvalue weighted by Gasteiger charge is -2.27. The number of rotatable bonds is 3. The van der Waals surface area contributed by atoms with Crippen LogP contribution in [0, 0.1) is 23.2 Å². The molecule has 1 fully saturated rings. The summed E-state index contributed by atoms with van der Waals surface area (Å²) in [6, 6.07) is 2.14. The molecule has 0 aromatic heterocycles. The van der Waals surface area contributed by atoms with Crippen LogP contribution in [-0.2, 0) is 9.53 Å². The zero-order chi connectivity index (χ0) is 11.3. The van der Waals surface area contributed by atoms with Crippen LogP contribution in [0.5, 0.6) is 0 Å². The van der Waals surface area contributed by atoms with Crippen LogP contribution >= 0.6 is 0 Å². The first-order chi connectivity index (χ1) is 7.15. The summed E-state index contributed by atoms with van der Waals surface area (Å²) in [7, 11) is 1.77. The van der Waals surface area contributed by atoms with E-state index in [-0.39, 0.29) is 17.7 Å². The minimum Gasteiger partial charge on any atom is -0.381 e. The van der Waals surface area contributed by atoms with Gasteiger partial charge >= 0.3 is 0 Å². The highest BCUT2D eigenvalue weighted by atomic mass is 16.5. The lowest BCUT2D eigenvalue weighted by Crippen LogP contribution is -2.37. The Balaban J connectivity index is 2.41. The molecular weight excluding hydrogens is 192 g/mol. The Hall–Kier alpha value is -1.08. The molecule has 0 spiro atoms. The topological polar surface area (TPSA) is 53.3 Å². The van der Waals surface area contributed by atoms with Crippen LogP contribution in [0.1, 0.15) is 19.8 Å². The van der Waals surface area contributed by atoms with Gasteiger partial charge in [-0.2, -0.15) is 5.26 Å². The van der Waals surface area contributed by atoms with Gasteiger partial charge in [-0.25, -0.2) is 0 Å². The molecule has 1 saturated heterocycles. The SMILES string of the molecule is CC(C#N)CN(C)C(=O)C1CCOCC1. The third-order valence-electron chi connectivity index (χ3n) is 2.71. The highest BCUT2D eigenvalue weighted by Crippen LogP contribution is 2.17. The number of ether oxygens (including phenoxy) is 1. The quantitative estimate of drug-likeness (QED) is 0.699. The van der Waals surface area contributed by atoms with Crippen LogP contribution in [0.4, 0.5) is 0 Å². The largest absolute Gasteiger partial charge is 0.381 e. The van der Waals surface area contributed by atoms with Crippen molar-refractivity contribution in [3.63, 3.8) is 0 Å². The zero-order valence-corrected chi connectivity index (χ0v) is 9.40. The molecule has 84 valence electrons. The summed E-state index contributed by atoms with van der Waals surface area (Å²) in [6.07, 6.45) is 1.62. The summed E-state index contributed by atoms with van der Waals surface area (Å²) >= 11 is 0. The third kappa shape index (κ3) is 3.52. The summed E-state index contributed by atoms with van der Waals surface area (Å²) in [5, 5.41) is 8.67. The van der Waals surface area contributed by atoms with Gasteiger partial charge in [0.2, 0.25) is 5.91 Å². The van der Waals surface area contributed by atoms with Crippen molar-refractivity contribution in [3.05, 3.63) is 0 Å². The maximum absolute atomic E-state index is 11.9. The van der Waals surface area contributed by atoms with Gasteiger partial charge in [-0.3, -0.25) is 4.79 Å². The minimum atomic E-state index is -0.0983. The molecule has 15 heavy (non-hydrogen) atoms. The van der Waals surface area contributed by atoms with Crippen molar-refractivity contribution in [2.24, 2.45) is 11.8 Å². The average molecular weight is 210 g/mol. The van der Waals surface area contributed by atoms with Crippen molar-refractivity contribution < 1.29 is 9.53 Å². The number of carbonyl (C=O) groups is 1. The molecule has 0 saturated carbocycles. The lowest BCUT2D eigenvalue weighted by atomic mass is 9.98. The molecule has 0 bridgehead atoms. The Morgan fingerprint density at radius 1 is 1.60 bits per heavy atom. The van der Waals surface area contributed by atoms with Crippen LogP contribution < -0.4 is 0 Å². The van der Waals surface area contributed by atoms with E-state index >= 15 is 0 Å². The number of amides is 1. The van der Waals surface area contributed by atoms with Crippen LogP contribution in [-0.4, -0.2) is 37.6 Å². The molecule has 4 nitrogen and oxygen atoms in total. The van der Waals surface area contributed by atoms with Gasteiger partial charge in [-0.05, 0) is 19.8 Å². The Labute approximate surface area is 90.8 Å². The molecule has 1 aliphatic rings. The molecule has 1 heterocycles. The number of carbonyl (C=O) groups excluding carboxylic acids is 1. The van der Waals surface area contributed by atoms with Gasteiger partial charge in [0, 0.05) is 32.7 Å². The second kappa shape index (κ2) is 5.72. The van der Waals surface area contributed by atoms with Gasteiger partial charge < -0.3 is 9.64 Å². The molecule has 1 atom stereocenters. The molecule has 0 aromatic carbocycles. The molecular formula is C11H18N2O2. The van der Waals surface area contributed by atoms with Crippen molar-refractivity contribution in [2.75, 3.05) is 26.8 Å². The van der Waals surface area contributed by atoms with E-state index in [2.05, 4.69) is 6.07 Å². The van der Waals surface area contributed by atoms with E-state index < -0.39 is 0 Å². The molecule has 1 aliphatic heterocycles. The molecule has 0 aliphatic carbocycles. The molecule has 0 radical (unpaired) electrons. The molecule has 4 heteroatoms. The fourth-order valence-corrected chi connectivity index (χ4v) is 1.80. The molecule has 1 rings (SSSR count). The summed E-state index contributed by atoms with van der Waals surface area (Å²) in [5.74, 6) is 0.147. The fourth-order valence-electron chi connectivity index (χ4n) is 1.80. The van der Waals surface area contributed by atoms with Crippen molar-refractivity contribution in [2.45, 2.75) is 19.8 Å². The minimum absolute atomic E-state index is 0.0923. The number of nitriles is 1. The Morgan fingerprint density at radius 3 is 2.73 bits per heavy atom. The molecule has 1 unspecified atom stereocenters. The van der Waals surface area contributed by atoms with E-state index in [4.69, 9.17) is 10.00 Å². The van der Waals surface area contributed by atoms with Gasteiger partial charge in [0.05, 0.1) is 12.0 Å². The van der Waals surface area contributed by atoms with Crippen molar-refractivity contribution >= 4 is 5.91 Å². The van der Waals surface area contributed by atoms with Gasteiger partial charge in [0.1, 0.15) is 0 Å². The monoisotopic (exact) mass is 210 g/mol. The van der Waals surface area contributed by atoms with E-state index in [1.807, 2.05) is 6.92 Å². The summed E-state index contributed by atoms with van der Waals surface area (Å²) in [6.45, 7) is 3.70. The average Bonchev–Trinajstić information content (AvgIpc) is 2.29. The smallest absolute Gasteiger partial charge is 0.225 e. The lowest BCUT2D eigenvalue weighted by molar-refractivity contribution is -0.137. The van der Waals surface area contributed by atoms with Gasteiger partial charge in [-0.1, -0.05) is 0 Å². The first-order valence-electron chi connectivity index (χ1n) is 5.37. The van der Waals surface area contributed by atoms with Crippen LogP contribution in [0.2, 0.25) is 0 Å². The van der Waals surface area contributed by atoms with E-state index in [1.54, 1.807) is 11.9 Å². The van der Waals surface area contributed by atoms with E-state index in [0.717, 1.165) is 12.8 Å². The van der Waals surface area contributed by atoms with Gasteiger partial charge in [-0.15, -0.1) is 0 Å². The Kier molecular flexibility index (Phi) is 4.57. The zero-order valence-electron chi connectivity index (χ0n) is 9.40. The Bertz CT molecular complexity index is 254. The van der Waals surface area contributed by atoms with Crippen molar-refractivity contribution in [3.8, 4) is 6.07 Å². The van der Waals surface area contributed by atoms with Gasteiger partial charge in [0.25, 0.3) is 0 Å². The maximum Gasteiger partial charge on any atom is 0.225 e. The second-order valence-electron chi connectivity index (χ2n) is 4.14. The van der Waals surface area contributed by atoms with E-state index in [9.17, 15) is 4.79 Å². The highest BCUT2D eigenvalue weighted by Gasteiger charge is 2.24.